The third kappa shape index (κ3) is 3.71. The summed E-state index contributed by atoms with van der Waals surface area (Å²) in [7, 11) is 3.39. The van der Waals surface area contributed by atoms with E-state index in [9.17, 15) is 4.79 Å². The summed E-state index contributed by atoms with van der Waals surface area (Å²) in [6.07, 6.45) is 5.20. The Hall–Kier alpha value is -1.36. The summed E-state index contributed by atoms with van der Waals surface area (Å²) in [5, 5.41) is 3.01. The lowest BCUT2D eigenvalue weighted by Crippen LogP contribution is -2.22. The van der Waals surface area contributed by atoms with Gasteiger partial charge in [0.05, 0.1) is 0 Å². The van der Waals surface area contributed by atoms with Crippen LogP contribution in [0.2, 0.25) is 0 Å². The lowest BCUT2D eigenvalue weighted by Gasteiger charge is -2.05. The van der Waals surface area contributed by atoms with Gasteiger partial charge in [-0.1, -0.05) is 0 Å². The molecule has 0 atom stereocenters. The number of nitrogens with zero attached hydrogens (tertiary/aromatic N) is 2. The van der Waals surface area contributed by atoms with E-state index in [0.29, 0.717) is 5.82 Å². The Morgan fingerprint density at radius 2 is 2.33 bits per heavy atom. The summed E-state index contributed by atoms with van der Waals surface area (Å²) in [6.45, 7) is 1.50. The molecule has 0 amide bonds. The van der Waals surface area contributed by atoms with Gasteiger partial charge in [-0.05, 0) is 12.8 Å². The van der Waals surface area contributed by atoms with Crippen LogP contribution in [0.1, 0.15) is 12.8 Å². The maximum atomic E-state index is 11.5. The molecule has 1 N–H and O–H groups in total. The maximum Gasteiger partial charge on any atom is 0.293 e. The molecule has 1 heterocycles. The van der Waals surface area contributed by atoms with Gasteiger partial charge in [0.25, 0.3) is 5.56 Å². The summed E-state index contributed by atoms with van der Waals surface area (Å²) in [6, 6.07) is 0. The fraction of sp³-hybridized carbons (Fsp3) is 0.600. The quantitative estimate of drug-likeness (QED) is 0.701. The largest absolute Gasteiger partial charge is 0.385 e. The fourth-order valence-electron chi connectivity index (χ4n) is 1.20. The van der Waals surface area contributed by atoms with Crippen molar-refractivity contribution < 1.29 is 4.74 Å². The Bertz CT molecular complexity index is 349. The number of unbranched alkanes of at least 4 members (excludes halogenated alkanes) is 1. The van der Waals surface area contributed by atoms with Crippen LogP contribution >= 0.6 is 0 Å². The summed E-state index contributed by atoms with van der Waals surface area (Å²) in [5.41, 5.74) is -0.0933. The second-order valence-electron chi connectivity index (χ2n) is 3.32. The van der Waals surface area contributed by atoms with Crippen molar-refractivity contribution in [2.24, 2.45) is 7.05 Å². The SMILES string of the molecule is COCCCCNc1nccn(C)c1=O. The van der Waals surface area contributed by atoms with E-state index in [-0.39, 0.29) is 5.56 Å². The van der Waals surface area contributed by atoms with Gasteiger partial charge in [-0.25, -0.2) is 4.98 Å². The van der Waals surface area contributed by atoms with Crippen LogP contribution in [0.3, 0.4) is 0 Å². The van der Waals surface area contributed by atoms with Crippen molar-refractivity contribution in [3.05, 3.63) is 22.7 Å². The van der Waals surface area contributed by atoms with E-state index in [1.165, 1.54) is 4.57 Å². The van der Waals surface area contributed by atoms with Gasteiger partial charge in [-0.2, -0.15) is 0 Å². The first-order valence-corrected chi connectivity index (χ1v) is 5.00. The Labute approximate surface area is 89.1 Å². The topological polar surface area (TPSA) is 56.1 Å². The standard InChI is InChI=1S/C10H17N3O2/c1-13-7-6-12-9(10(13)14)11-5-3-4-8-15-2/h6-7H,3-5,8H2,1-2H3,(H,11,12). The first kappa shape index (κ1) is 11.7. The van der Waals surface area contributed by atoms with Crippen molar-refractivity contribution in [1.82, 2.24) is 9.55 Å². The number of ether oxygens (including phenoxy) is 1. The molecule has 1 aromatic heterocycles. The van der Waals surface area contributed by atoms with Crippen LogP contribution in [-0.4, -0.2) is 29.8 Å². The van der Waals surface area contributed by atoms with Crippen LogP contribution in [0.5, 0.6) is 0 Å². The molecule has 0 saturated carbocycles. The highest BCUT2D eigenvalue weighted by Crippen LogP contribution is 1.94. The van der Waals surface area contributed by atoms with Crippen molar-refractivity contribution in [3.63, 3.8) is 0 Å². The van der Waals surface area contributed by atoms with Crippen LogP contribution in [0.15, 0.2) is 17.2 Å². The fourth-order valence-corrected chi connectivity index (χ4v) is 1.20. The highest BCUT2D eigenvalue weighted by atomic mass is 16.5. The van der Waals surface area contributed by atoms with Crippen molar-refractivity contribution in [3.8, 4) is 0 Å². The molecule has 0 aliphatic rings. The minimum atomic E-state index is -0.0933. The minimum Gasteiger partial charge on any atom is -0.385 e. The highest BCUT2D eigenvalue weighted by molar-refractivity contribution is 5.30. The predicted molar refractivity (Wildman–Crippen MR) is 59.1 cm³/mol. The van der Waals surface area contributed by atoms with Crippen LogP contribution in [-0.2, 0) is 11.8 Å². The molecule has 0 unspecified atom stereocenters. The van der Waals surface area contributed by atoms with E-state index < -0.39 is 0 Å². The van der Waals surface area contributed by atoms with Gasteiger partial charge in [-0.3, -0.25) is 4.79 Å². The van der Waals surface area contributed by atoms with Gasteiger partial charge >= 0.3 is 0 Å². The third-order valence-corrected chi connectivity index (χ3v) is 2.08. The normalized spacial score (nSPS) is 10.3. The molecule has 1 rings (SSSR count). The molecule has 0 aromatic carbocycles. The lowest BCUT2D eigenvalue weighted by molar-refractivity contribution is 0.194. The highest BCUT2D eigenvalue weighted by Gasteiger charge is 2.00. The van der Waals surface area contributed by atoms with Crippen LogP contribution < -0.4 is 10.9 Å². The molecule has 15 heavy (non-hydrogen) atoms. The Balaban J connectivity index is 2.38. The van der Waals surface area contributed by atoms with Gasteiger partial charge in [-0.15, -0.1) is 0 Å². The van der Waals surface area contributed by atoms with Gasteiger partial charge < -0.3 is 14.6 Å². The Kier molecular flexibility index (Phi) is 4.83. The number of hydrogen-bond donors (Lipinski definition) is 1. The van der Waals surface area contributed by atoms with Gasteiger partial charge in [0.2, 0.25) is 0 Å². The lowest BCUT2D eigenvalue weighted by atomic mass is 10.3. The molecular formula is C10H17N3O2. The number of rotatable bonds is 6. The first-order chi connectivity index (χ1) is 7.25. The number of aryl methyl sites for hydroxylation is 1. The van der Waals surface area contributed by atoms with Crippen molar-refractivity contribution in [1.29, 1.82) is 0 Å². The molecule has 0 spiro atoms. The van der Waals surface area contributed by atoms with Gasteiger partial charge in [0, 0.05) is 39.7 Å². The summed E-state index contributed by atoms with van der Waals surface area (Å²) in [4.78, 5) is 15.5. The average molecular weight is 211 g/mol. The van der Waals surface area contributed by atoms with E-state index in [1.54, 1.807) is 26.6 Å². The van der Waals surface area contributed by atoms with Crippen molar-refractivity contribution in [2.75, 3.05) is 25.6 Å². The summed E-state index contributed by atoms with van der Waals surface area (Å²) < 4.78 is 6.43. The molecule has 0 radical (unpaired) electrons. The Morgan fingerprint density at radius 1 is 1.53 bits per heavy atom. The number of nitrogens with one attached hydrogen (secondary N) is 1. The molecule has 0 bridgehead atoms. The molecule has 5 heteroatoms. The monoisotopic (exact) mass is 211 g/mol. The molecule has 5 nitrogen and oxygen atoms in total. The minimum absolute atomic E-state index is 0.0933. The zero-order valence-corrected chi connectivity index (χ0v) is 9.19. The van der Waals surface area contributed by atoms with E-state index in [4.69, 9.17) is 4.74 Å². The van der Waals surface area contributed by atoms with Gasteiger partial charge in [0.1, 0.15) is 0 Å². The molecule has 0 fully saturated rings. The molecule has 0 aliphatic carbocycles. The van der Waals surface area contributed by atoms with E-state index in [0.717, 1.165) is 26.0 Å². The molecular weight excluding hydrogens is 194 g/mol. The molecule has 1 aromatic rings. The van der Waals surface area contributed by atoms with Crippen LogP contribution in [0, 0.1) is 0 Å². The summed E-state index contributed by atoms with van der Waals surface area (Å²) in [5.74, 6) is 0.414. The van der Waals surface area contributed by atoms with E-state index >= 15 is 0 Å². The zero-order chi connectivity index (χ0) is 11.1. The third-order valence-electron chi connectivity index (χ3n) is 2.08. The second-order valence-corrected chi connectivity index (χ2v) is 3.32. The van der Waals surface area contributed by atoms with Crippen molar-refractivity contribution >= 4 is 5.82 Å². The number of methoxy groups -OCH3 is 1. The van der Waals surface area contributed by atoms with Gasteiger partial charge in [0.15, 0.2) is 5.82 Å². The Morgan fingerprint density at radius 3 is 3.07 bits per heavy atom. The number of anilines is 1. The van der Waals surface area contributed by atoms with E-state index in [2.05, 4.69) is 10.3 Å². The van der Waals surface area contributed by atoms with Crippen LogP contribution in [0.4, 0.5) is 5.82 Å². The molecule has 84 valence electrons. The average Bonchev–Trinajstić information content (AvgIpc) is 2.24. The molecule has 0 aliphatic heterocycles. The summed E-state index contributed by atoms with van der Waals surface area (Å²) >= 11 is 0. The number of hydrogen-bond acceptors (Lipinski definition) is 4. The second kappa shape index (κ2) is 6.19. The number of aromatic nitrogens is 2. The molecule has 0 saturated heterocycles. The smallest absolute Gasteiger partial charge is 0.293 e. The first-order valence-electron chi connectivity index (χ1n) is 5.00. The van der Waals surface area contributed by atoms with Crippen LogP contribution in [0.25, 0.3) is 0 Å². The van der Waals surface area contributed by atoms with E-state index in [1.807, 2.05) is 0 Å². The van der Waals surface area contributed by atoms with Crippen molar-refractivity contribution in [2.45, 2.75) is 12.8 Å². The predicted octanol–water partition coefficient (Wildman–Crippen LogP) is 0.619. The zero-order valence-electron chi connectivity index (χ0n) is 9.19. The maximum absolute atomic E-state index is 11.5.